The lowest BCUT2D eigenvalue weighted by Gasteiger charge is -2.41. The van der Waals surface area contributed by atoms with Gasteiger partial charge >= 0.3 is 6.61 Å². The van der Waals surface area contributed by atoms with Crippen molar-refractivity contribution in [3.05, 3.63) is 29.8 Å². The molecule has 3 rings (SSSR count). The Balaban J connectivity index is 1.61. The summed E-state index contributed by atoms with van der Waals surface area (Å²) in [6.07, 6.45) is 7.82. The molecule has 2 fully saturated rings. The Morgan fingerprint density at radius 2 is 1.68 bits per heavy atom. The second-order valence-electron chi connectivity index (χ2n) is 6.69. The third-order valence-electron chi connectivity index (χ3n) is 5.42. The fourth-order valence-corrected chi connectivity index (χ4v) is 4.27. The van der Waals surface area contributed by atoms with Crippen LogP contribution in [-0.2, 0) is 4.79 Å². The van der Waals surface area contributed by atoms with E-state index >= 15 is 0 Å². The van der Waals surface area contributed by atoms with E-state index in [0.29, 0.717) is 17.8 Å². The van der Waals surface area contributed by atoms with Gasteiger partial charge in [-0.05, 0) is 74.0 Å². The Morgan fingerprint density at radius 3 is 2.36 bits per heavy atom. The van der Waals surface area contributed by atoms with Crippen LogP contribution in [0.4, 0.5) is 8.78 Å². The van der Waals surface area contributed by atoms with E-state index in [-0.39, 0.29) is 11.7 Å². The summed E-state index contributed by atoms with van der Waals surface area (Å²) in [4.78, 5) is 11.0. The molecule has 2 nitrogen and oxygen atoms in total. The molecule has 22 heavy (non-hydrogen) atoms. The molecule has 4 unspecified atom stereocenters. The predicted molar refractivity (Wildman–Crippen MR) is 80.1 cm³/mol. The average molecular weight is 308 g/mol. The molecule has 2 aliphatic carbocycles. The first-order valence-electron chi connectivity index (χ1n) is 8.15. The molecule has 1 aromatic carbocycles. The SMILES string of the molecule is O=CC1CCC2CC(c3ccc(OC(F)F)cc3)CCC2C1. The molecule has 0 aliphatic heterocycles. The van der Waals surface area contributed by atoms with Crippen LogP contribution in [0.15, 0.2) is 24.3 Å². The van der Waals surface area contributed by atoms with Crippen molar-refractivity contribution in [1.29, 1.82) is 0 Å². The predicted octanol–water partition coefficient (Wildman–Crippen LogP) is 4.79. The Bertz CT molecular complexity index is 500. The number of halogens is 2. The highest BCUT2D eigenvalue weighted by molar-refractivity contribution is 5.53. The zero-order chi connectivity index (χ0) is 15.5. The van der Waals surface area contributed by atoms with Crippen molar-refractivity contribution >= 4 is 6.29 Å². The zero-order valence-corrected chi connectivity index (χ0v) is 12.6. The fourth-order valence-electron chi connectivity index (χ4n) is 4.27. The summed E-state index contributed by atoms with van der Waals surface area (Å²) in [5, 5.41) is 0. The number of aldehydes is 1. The highest BCUT2D eigenvalue weighted by Gasteiger charge is 2.35. The summed E-state index contributed by atoms with van der Waals surface area (Å²) in [5.41, 5.74) is 1.22. The van der Waals surface area contributed by atoms with Crippen LogP contribution in [0.1, 0.15) is 50.0 Å². The number of hydrogen-bond acceptors (Lipinski definition) is 2. The molecule has 0 amide bonds. The molecular weight excluding hydrogens is 286 g/mol. The number of carbonyl (C=O) groups excluding carboxylic acids is 1. The van der Waals surface area contributed by atoms with Gasteiger partial charge in [-0.25, -0.2) is 0 Å². The van der Waals surface area contributed by atoms with Gasteiger partial charge in [0, 0.05) is 5.92 Å². The van der Waals surface area contributed by atoms with Gasteiger partial charge in [0.2, 0.25) is 0 Å². The lowest BCUT2D eigenvalue weighted by molar-refractivity contribution is -0.113. The standard InChI is InChI=1S/C18H22F2O2/c19-18(20)22-17-7-5-13(6-8-17)15-4-3-14-9-12(11-21)1-2-16(14)10-15/h5-8,11-12,14-16,18H,1-4,9-10H2. The molecule has 0 heterocycles. The topological polar surface area (TPSA) is 26.3 Å². The lowest BCUT2D eigenvalue weighted by atomic mass is 9.64. The van der Waals surface area contributed by atoms with Gasteiger partial charge < -0.3 is 9.53 Å². The van der Waals surface area contributed by atoms with Crippen LogP contribution in [0.5, 0.6) is 5.75 Å². The molecule has 0 aromatic heterocycles. The van der Waals surface area contributed by atoms with Gasteiger partial charge in [-0.3, -0.25) is 0 Å². The molecule has 120 valence electrons. The van der Waals surface area contributed by atoms with Crippen molar-refractivity contribution < 1.29 is 18.3 Å². The van der Waals surface area contributed by atoms with Gasteiger partial charge in [0.25, 0.3) is 0 Å². The Kier molecular flexibility index (Phi) is 4.74. The number of fused-ring (bicyclic) bond motifs is 1. The second kappa shape index (κ2) is 6.76. The van der Waals surface area contributed by atoms with E-state index in [0.717, 1.165) is 38.4 Å². The van der Waals surface area contributed by atoms with Crippen molar-refractivity contribution in [1.82, 2.24) is 0 Å². The molecular formula is C18H22F2O2. The van der Waals surface area contributed by atoms with E-state index in [1.807, 2.05) is 12.1 Å². The van der Waals surface area contributed by atoms with Crippen molar-refractivity contribution in [2.24, 2.45) is 17.8 Å². The van der Waals surface area contributed by atoms with Gasteiger partial charge in [0.15, 0.2) is 0 Å². The Labute approximate surface area is 129 Å². The average Bonchev–Trinajstić information content (AvgIpc) is 2.54. The summed E-state index contributed by atoms with van der Waals surface area (Å²) in [5.74, 6) is 2.41. The first kappa shape index (κ1) is 15.4. The minimum absolute atomic E-state index is 0.221. The summed E-state index contributed by atoms with van der Waals surface area (Å²) >= 11 is 0. The highest BCUT2D eigenvalue weighted by atomic mass is 19.3. The number of ether oxygens (including phenoxy) is 1. The monoisotopic (exact) mass is 308 g/mol. The first-order valence-corrected chi connectivity index (χ1v) is 8.15. The largest absolute Gasteiger partial charge is 0.435 e. The molecule has 2 saturated carbocycles. The molecule has 2 aliphatic rings. The van der Waals surface area contributed by atoms with Gasteiger partial charge in [0.1, 0.15) is 12.0 Å². The van der Waals surface area contributed by atoms with Crippen LogP contribution in [0.2, 0.25) is 0 Å². The lowest BCUT2D eigenvalue weighted by Crippen LogP contribution is -2.30. The van der Waals surface area contributed by atoms with E-state index in [9.17, 15) is 13.6 Å². The van der Waals surface area contributed by atoms with Crippen LogP contribution < -0.4 is 4.74 Å². The van der Waals surface area contributed by atoms with Crippen molar-refractivity contribution in [3.8, 4) is 5.75 Å². The first-order chi connectivity index (χ1) is 10.7. The molecule has 0 N–H and O–H groups in total. The summed E-state index contributed by atoms with van der Waals surface area (Å²) in [6, 6.07) is 7.10. The maximum atomic E-state index is 12.2. The number of benzene rings is 1. The minimum atomic E-state index is -2.77. The van der Waals surface area contributed by atoms with Crippen molar-refractivity contribution in [2.75, 3.05) is 0 Å². The molecule has 0 radical (unpaired) electrons. The van der Waals surface area contributed by atoms with Gasteiger partial charge in [0.05, 0.1) is 0 Å². The molecule has 0 spiro atoms. The second-order valence-corrected chi connectivity index (χ2v) is 6.69. The van der Waals surface area contributed by atoms with E-state index < -0.39 is 6.61 Å². The summed E-state index contributed by atoms with van der Waals surface area (Å²) in [7, 11) is 0. The van der Waals surface area contributed by atoms with E-state index in [4.69, 9.17) is 0 Å². The Hall–Kier alpha value is -1.45. The number of rotatable bonds is 4. The molecule has 4 heteroatoms. The molecule has 0 bridgehead atoms. The third kappa shape index (κ3) is 3.47. The van der Waals surface area contributed by atoms with Crippen LogP contribution in [-0.4, -0.2) is 12.9 Å². The van der Waals surface area contributed by atoms with E-state index in [1.54, 1.807) is 12.1 Å². The van der Waals surface area contributed by atoms with E-state index in [2.05, 4.69) is 4.74 Å². The number of hydrogen-bond donors (Lipinski definition) is 0. The Morgan fingerprint density at radius 1 is 1.00 bits per heavy atom. The van der Waals surface area contributed by atoms with Crippen LogP contribution in [0.25, 0.3) is 0 Å². The third-order valence-corrected chi connectivity index (χ3v) is 5.42. The minimum Gasteiger partial charge on any atom is -0.435 e. The number of carbonyl (C=O) groups is 1. The quantitative estimate of drug-likeness (QED) is 0.748. The van der Waals surface area contributed by atoms with Crippen LogP contribution >= 0.6 is 0 Å². The van der Waals surface area contributed by atoms with Crippen LogP contribution in [0.3, 0.4) is 0 Å². The van der Waals surface area contributed by atoms with E-state index in [1.165, 1.54) is 12.0 Å². The smallest absolute Gasteiger partial charge is 0.387 e. The van der Waals surface area contributed by atoms with Crippen molar-refractivity contribution in [3.63, 3.8) is 0 Å². The summed E-state index contributed by atoms with van der Waals surface area (Å²) in [6.45, 7) is -2.77. The van der Waals surface area contributed by atoms with Gasteiger partial charge in [-0.1, -0.05) is 12.1 Å². The number of alkyl halides is 2. The molecule has 1 aromatic rings. The maximum Gasteiger partial charge on any atom is 0.387 e. The zero-order valence-electron chi connectivity index (χ0n) is 12.6. The molecule has 4 atom stereocenters. The van der Waals surface area contributed by atoms with Crippen molar-refractivity contribution in [2.45, 2.75) is 51.1 Å². The van der Waals surface area contributed by atoms with Gasteiger partial charge in [-0.15, -0.1) is 0 Å². The molecule has 0 saturated heterocycles. The normalized spacial score (nSPS) is 31.6. The van der Waals surface area contributed by atoms with Gasteiger partial charge in [-0.2, -0.15) is 8.78 Å². The fraction of sp³-hybridized carbons (Fsp3) is 0.611. The summed E-state index contributed by atoms with van der Waals surface area (Å²) < 4.78 is 28.8. The maximum absolute atomic E-state index is 12.2. The highest BCUT2D eigenvalue weighted by Crippen LogP contribution is 2.47. The van der Waals surface area contributed by atoms with Crippen LogP contribution in [0, 0.1) is 17.8 Å².